The number of halogens is 2. The van der Waals surface area contributed by atoms with Gasteiger partial charge in [-0.3, -0.25) is 0 Å². The maximum atomic E-state index is 12.1. The van der Waals surface area contributed by atoms with Gasteiger partial charge in [0.2, 0.25) is 5.88 Å². The summed E-state index contributed by atoms with van der Waals surface area (Å²) >= 11 is 0. The second-order valence-electron chi connectivity index (χ2n) is 3.52. The molecule has 0 saturated heterocycles. The predicted molar refractivity (Wildman–Crippen MR) is 60.1 cm³/mol. The lowest BCUT2D eigenvalue weighted by Gasteiger charge is -2.12. The molecule has 0 bridgehead atoms. The van der Waals surface area contributed by atoms with E-state index in [9.17, 15) is 8.78 Å². The van der Waals surface area contributed by atoms with Gasteiger partial charge in [-0.1, -0.05) is 6.92 Å². The largest absolute Gasteiger partial charge is 0.471 e. The Morgan fingerprint density at radius 1 is 1.41 bits per heavy atom. The van der Waals surface area contributed by atoms with Crippen LogP contribution in [0.15, 0.2) is 0 Å². The molecule has 0 aliphatic heterocycles. The number of nitrogens with one attached hydrogen (secondary N) is 1. The Bertz CT molecular complexity index is 374. The minimum absolute atomic E-state index is 0.150. The number of rotatable bonds is 6. The Kier molecular flexibility index (Phi) is 5.02. The first-order valence-electron chi connectivity index (χ1n) is 5.33. The van der Waals surface area contributed by atoms with Gasteiger partial charge in [-0.05, 0) is 13.3 Å². The van der Waals surface area contributed by atoms with E-state index in [0.717, 1.165) is 6.42 Å². The average molecular weight is 246 g/mol. The van der Waals surface area contributed by atoms with Gasteiger partial charge in [0.25, 0.3) is 6.43 Å². The number of nitrogens with two attached hydrogens (primary N) is 1. The fraction of sp³-hybridized carbons (Fsp3) is 0.600. The van der Waals surface area contributed by atoms with Gasteiger partial charge in [-0.15, -0.1) is 0 Å². The monoisotopic (exact) mass is 246 g/mol. The Labute approximate surface area is 98.4 Å². The van der Waals surface area contributed by atoms with Crippen LogP contribution in [-0.2, 0) is 6.42 Å². The van der Waals surface area contributed by atoms with Crippen molar-refractivity contribution in [2.45, 2.75) is 33.1 Å². The molecule has 17 heavy (non-hydrogen) atoms. The molecule has 1 aromatic rings. The SMILES string of the molecule is CCCc1nc(NN)c(C)c(OCC(F)F)n1. The Morgan fingerprint density at radius 3 is 2.65 bits per heavy atom. The number of hydrogen-bond acceptors (Lipinski definition) is 5. The first-order valence-corrected chi connectivity index (χ1v) is 5.33. The van der Waals surface area contributed by atoms with Crippen molar-refractivity contribution in [2.75, 3.05) is 12.0 Å². The van der Waals surface area contributed by atoms with Crippen molar-refractivity contribution in [3.05, 3.63) is 11.4 Å². The van der Waals surface area contributed by atoms with Crippen molar-refractivity contribution in [3.63, 3.8) is 0 Å². The van der Waals surface area contributed by atoms with Crippen LogP contribution in [0.2, 0.25) is 0 Å². The van der Waals surface area contributed by atoms with Crippen LogP contribution in [0.1, 0.15) is 24.7 Å². The summed E-state index contributed by atoms with van der Waals surface area (Å²) in [6, 6.07) is 0. The third-order valence-corrected chi connectivity index (χ3v) is 2.10. The van der Waals surface area contributed by atoms with Gasteiger partial charge in [0.1, 0.15) is 11.6 Å². The predicted octanol–water partition coefficient (Wildman–Crippen LogP) is 1.67. The van der Waals surface area contributed by atoms with Crippen LogP contribution in [0, 0.1) is 6.92 Å². The van der Waals surface area contributed by atoms with Gasteiger partial charge in [0.05, 0.1) is 5.56 Å². The van der Waals surface area contributed by atoms with E-state index in [-0.39, 0.29) is 5.88 Å². The molecule has 1 rings (SSSR count). The Balaban J connectivity index is 2.96. The number of alkyl halides is 2. The van der Waals surface area contributed by atoms with Crippen LogP contribution < -0.4 is 16.0 Å². The molecule has 0 aromatic carbocycles. The zero-order chi connectivity index (χ0) is 12.8. The lowest BCUT2D eigenvalue weighted by Crippen LogP contribution is -2.15. The number of nitrogens with zero attached hydrogens (tertiary/aromatic N) is 2. The van der Waals surface area contributed by atoms with Crippen LogP contribution in [-0.4, -0.2) is 23.0 Å². The molecule has 5 nitrogen and oxygen atoms in total. The molecule has 3 N–H and O–H groups in total. The van der Waals surface area contributed by atoms with Gasteiger partial charge in [-0.2, -0.15) is 4.98 Å². The Morgan fingerprint density at radius 2 is 2.12 bits per heavy atom. The van der Waals surface area contributed by atoms with Crippen molar-refractivity contribution in [1.29, 1.82) is 0 Å². The highest BCUT2D eigenvalue weighted by atomic mass is 19.3. The molecule has 0 amide bonds. The zero-order valence-electron chi connectivity index (χ0n) is 9.83. The molecule has 0 spiro atoms. The van der Waals surface area contributed by atoms with Crippen LogP contribution in [0.4, 0.5) is 14.6 Å². The second-order valence-corrected chi connectivity index (χ2v) is 3.52. The van der Waals surface area contributed by atoms with E-state index in [1.165, 1.54) is 0 Å². The first kappa shape index (κ1) is 13.6. The van der Waals surface area contributed by atoms with E-state index in [4.69, 9.17) is 10.6 Å². The van der Waals surface area contributed by atoms with Gasteiger partial charge in [-0.25, -0.2) is 19.6 Å². The third kappa shape index (κ3) is 3.77. The van der Waals surface area contributed by atoms with Crippen molar-refractivity contribution < 1.29 is 13.5 Å². The summed E-state index contributed by atoms with van der Waals surface area (Å²) in [6.07, 6.45) is -1.05. The molecule has 0 unspecified atom stereocenters. The summed E-state index contributed by atoms with van der Waals surface area (Å²) in [5.41, 5.74) is 2.92. The molecule has 0 saturated carbocycles. The maximum absolute atomic E-state index is 12.1. The maximum Gasteiger partial charge on any atom is 0.272 e. The normalized spacial score (nSPS) is 10.7. The van der Waals surface area contributed by atoms with Gasteiger partial charge in [0, 0.05) is 6.42 Å². The summed E-state index contributed by atoms with van der Waals surface area (Å²) in [7, 11) is 0. The molecule has 1 aromatic heterocycles. The average Bonchev–Trinajstić information content (AvgIpc) is 2.29. The minimum Gasteiger partial charge on any atom is -0.471 e. The third-order valence-electron chi connectivity index (χ3n) is 2.10. The summed E-state index contributed by atoms with van der Waals surface area (Å²) in [5, 5.41) is 0. The molecule has 0 fully saturated rings. The molecule has 0 atom stereocenters. The highest BCUT2D eigenvalue weighted by Crippen LogP contribution is 2.22. The number of anilines is 1. The fourth-order valence-electron chi connectivity index (χ4n) is 1.30. The fourth-order valence-corrected chi connectivity index (χ4v) is 1.30. The van der Waals surface area contributed by atoms with Crippen molar-refractivity contribution in [2.24, 2.45) is 5.84 Å². The summed E-state index contributed by atoms with van der Waals surface area (Å²) in [6.45, 7) is 2.94. The smallest absolute Gasteiger partial charge is 0.272 e. The first-order chi connectivity index (χ1) is 8.08. The number of aromatic nitrogens is 2. The molecule has 0 aliphatic rings. The van der Waals surface area contributed by atoms with E-state index in [1.54, 1.807) is 6.92 Å². The van der Waals surface area contributed by atoms with Crippen LogP contribution in [0.3, 0.4) is 0 Å². The number of hydrazine groups is 1. The summed E-state index contributed by atoms with van der Waals surface area (Å²) < 4.78 is 29.1. The number of hydrogen-bond donors (Lipinski definition) is 2. The minimum atomic E-state index is -2.53. The van der Waals surface area contributed by atoms with Gasteiger partial charge in [0.15, 0.2) is 6.61 Å². The Hall–Kier alpha value is -1.50. The second kappa shape index (κ2) is 6.29. The van der Waals surface area contributed by atoms with Crippen molar-refractivity contribution in [3.8, 4) is 5.88 Å². The quantitative estimate of drug-likeness (QED) is 0.590. The standard InChI is InChI=1S/C10H16F2N4O/c1-3-4-8-14-9(16-13)6(2)10(15-8)17-5-7(11)12/h7H,3-5,13H2,1-2H3,(H,14,15,16). The molecule has 0 aliphatic carbocycles. The van der Waals surface area contributed by atoms with Gasteiger partial charge >= 0.3 is 0 Å². The summed E-state index contributed by atoms with van der Waals surface area (Å²) in [4.78, 5) is 8.23. The lowest BCUT2D eigenvalue weighted by molar-refractivity contribution is 0.0790. The van der Waals surface area contributed by atoms with E-state index < -0.39 is 13.0 Å². The van der Waals surface area contributed by atoms with E-state index in [0.29, 0.717) is 23.6 Å². The summed E-state index contributed by atoms with van der Waals surface area (Å²) in [5.74, 6) is 6.37. The zero-order valence-corrected chi connectivity index (χ0v) is 9.83. The molecule has 0 radical (unpaired) electrons. The number of aryl methyl sites for hydroxylation is 1. The molecule has 96 valence electrons. The molecule has 7 heteroatoms. The van der Waals surface area contributed by atoms with Crippen molar-refractivity contribution in [1.82, 2.24) is 9.97 Å². The number of ether oxygens (including phenoxy) is 1. The molecular weight excluding hydrogens is 230 g/mol. The van der Waals surface area contributed by atoms with Crippen LogP contribution >= 0.6 is 0 Å². The van der Waals surface area contributed by atoms with Crippen molar-refractivity contribution >= 4 is 5.82 Å². The van der Waals surface area contributed by atoms with Crippen LogP contribution in [0.5, 0.6) is 5.88 Å². The highest BCUT2D eigenvalue weighted by molar-refractivity contribution is 5.47. The lowest BCUT2D eigenvalue weighted by atomic mass is 10.3. The topological polar surface area (TPSA) is 73.1 Å². The highest BCUT2D eigenvalue weighted by Gasteiger charge is 2.13. The molecule has 1 heterocycles. The molecular formula is C10H16F2N4O. The van der Waals surface area contributed by atoms with Crippen LogP contribution in [0.25, 0.3) is 0 Å². The van der Waals surface area contributed by atoms with E-state index in [1.807, 2.05) is 6.92 Å². The number of nitrogen functional groups attached to an aromatic ring is 1. The van der Waals surface area contributed by atoms with E-state index in [2.05, 4.69) is 15.4 Å². The van der Waals surface area contributed by atoms with E-state index >= 15 is 0 Å². The van der Waals surface area contributed by atoms with Gasteiger partial charge < -0.3 is 10.2 Å².